The van der Waals surface area contributed by atoms with Gasteiger partial charge in [-0.15, -0.1) is 0 Å². The van der Waals surface area contributed by atoms with Crippen LogP contribution in [0.4, 0.5) is 0 Å². The lowest BCUT2D eigenvalue weighted by molar-refractivity contribution is 0.385. The Morgan fingerprint density at radius 3 is 2.44 bits per heavy atom. The van der Waals surface area contributed by atoms with Crippen molar-refractivity contribution in [2.75, 3.05) is 6.54 Å². The van der Waals surface area contributed by atoms with Crippen LogP contribution in [0, 0.1) is 25.2 Å². The molecule has 1 aromatic carbocycles. The minimum Gasteiger partial charge on any atom is -0.207 e. The van der Waals surface area contributed by atoms with Crippen molar-refractivity contribution < 1.29 is 8.42 Å². The van der Waals surface area contributed by atoms with Gasteiger partial charge >= 0.3 is 0 Å². The van der Waals surface area contributed by atoms with Crippen LogP contribution in [0.3, 0.4) is 0 Å². The Balaban J connectivity index is 3.36. The van der Waals surface area contributed by atoms with Crippen molar-refractivity contribution in [2.24, 2.45) is 0 Å². The van der Waals surface area contributed by atoms with Gasteiger partial charge in [-0.1, -0.05) is 12.1 Å². The van der Waals surface area contributed by atoms with E-state index in [1.807, 2.05) is 19.1 Å². The summed E-state index contributed by atoms with van der Waals surface area (Å²) in [6.07, 6.45) is 0. The lowest BCUT2D eigenvalue weighted by atomic mass is 10.2. The number of aryl methyl sites for hydroxylation is 2. The Labute approximate surface area is 109 Å². The molecule has 0 N–H and O–H groups in total. The largest absolute Gasteiger partial charge is 0.244 e. The third-order valence-electron chi connectivity index (χ3n) is 2.73. The Morgan fingerprint density at radius 2 is 1.94 bits per heavy atom. The molecular weight excluding hydrogens is 248 g/mol. The van der Waals surface area contributed by atoms with Crippen molar-refractivity contribution in [3.63, 3.8) is 0 Å². The normalized spacial score (nSPS) is 11.8. The van der Waals surface area contributed by atoms with E-state index in [1.54, 1.807) is 32.9 Å². The first kappa shape index (κ1) is 14.7. The molecule has 0 bridgehead atoms. The molecule has 5 heteroatoms. The van der Waals surface area contributed by atoms with Crippen LogP contribution < -0.4 is 0 Å². The lowest BCUT2D eigenvalue weighted by Crippen LogP contribution is -2.37. The number of nitrogens with zero attached hydrogens (tertiary/aromatic N) is 2. The fraction of sp³-hybridized carbons (Fsp3) is 0.462. The van der Waals surface area contributed by atoms with Crippen molar-refractivity contribution in [3.8, 4) is 6.07 Å². The topological polar surface area (TPSA) is 61.2 Å². The van der Waals surface area contributed by atoms with E-state index in [2.05, 4.69) is 0 Å². The van der Waals surface area contributed by atoms with Crippen LogP contribution in [0.5, 0.6) is 0 Å². The number of hydrogen-bond donors (Lipinski definition) is 0. The van der Waals surface area contributed by atoms with Crippen molar-refractivity contribution in [1.82, 2.24) is 4.31 Å². The van der Waals surface area contributed by atoms with Crippen LogP contribution in [0.15, 0.2) is 23.1 Å². The minimum absolute atomic E-state index is 0.132. The van der Waals surface area contributed by atoms with Gasteiger partial charge in [0.25, 0.3) is 0 Å². The molecule has 1 aromatic rings. The second kappa shape index (κ2) is 5.51. The molecular formula is C13H18N2O2S. The fourth-order valence-electron chi connectivity index (χ4n) is 1.73. The van der Waals surface area contributed by atoms with Crippen LogP contribution >= 0.6 is 0 Å². The first-order valence-electron chi connectivity index (χ1n) is 5.76. The lowest BCUT2D eigenvalue weighted by Gasteiger charge is -2.24. The Hall–Kier alpha value is -1.38. The number of benzene rings is 1. The molecule has 98 valence electrons. The highest BCUT2D eigenvalue weighted by atomic mass is 32.2. The van der Waals surface area contributed by atoms with E-state index in [4.69, 9.17) is 5.26 Å². The maximum Gasteiger partial charge on any atom is 0.244 e. The predicted octanol–water partition coefficient (Wildman–Crippen LogP) is 2.23. The summed E-state index contributed by atoms with van der Waals surface area (Å²) >= 11 is 0. The molecule has 0 radical (unpaired) electrons. The van der Waals surface area contributed by atoms with Crippen molar-refractivity contribution in [1.29, 1.82) is 5.26 Å². The van der Waals surface area contributed by atoms with Crippen LogP contribution in [0.25, 0.3) is 0 Å². The molecule has 0 atom stereocenters. The molecule has 18 heavy (non-hydrogen) atoms. The molecule has 0 aromatic heterocycles. The van der Waals surface area contributed by atoms with Gasteiger partial charge in [-0.2, -0.15) is 9.57 Å². The highest BCUT2D eigenvalue weighted by Crippen LogP contribution is 2.22. The first-order valence-corrected chi connectivity index (χ1v) is 7.20. The van der Waals surface area contributed by atoms with E-state index in [9.17, 15) is 8.42 Å². The average Bonchev–Trinajstić information content (AvgIpc) is 2.28. The average molecular weight is 266 g/mol. The molecule has 0 saturated carbocycles. The second-order valence-electron chi connectivity index (χ2n) is 4.57. The summed E-state index contributed by atoms with van der Waals surface area (Å²) in [6.45, 7) is 7.01. The number of nitriles is 1. The molecule has 1 rings (SSSR count). The summed E-state index contributed by atoms with van der Waals surface area (Å²) < 4.78 is 26.2. The van der Waals surface area contributed by atoms with E-state index < -0.39 is 10.0 Å². The molecule has 4 nitrogen and oxygen atoms in total. The van der Waals surface area contributed by atoms with Crippen molar-refractivity contribution >= 4 is 10.0 Å². The standard InChI is InChI=1S/C13H18N2O2S/c1-10(2)15(8-7-14)18(16,17)13-9-11(3)5-6-12(13)4/h5-6,9-10H,8H2,1-4H3. The van der Waals surface area contributed by atoms with E-state index in [-0.39, 0.29) is 17.5 Å². The smallest absolute Gasteiger partial charge is 0.207 e. The third kappa shape index (κ3) is 2.89. The second-order valence-corrected chi connectivity index (χ2v) is 6.43. The number of rotatable bonds is 4. The van der Waals surface area contributed by atoms with Crippen LogP contribution in [-0.4, -0.2) is 25.3 Å². The quantitative estimate of drug-likeness (QED) is 0.785. The molecule has 0 fully saturated rings. The molecule has 0 heterocycles. The van der Waals surface area contributed by atoms with Crippen molar-refractivity contribution in [3.05, 3.63) is 29.3 Å². The van der Waals surface area contributed by atoms with Gasteiger partial charge in [0.05, 0.1) is 11.0 Å². The fourth-order valence-corrected chi connectivity index (χ4v) is 3.57. The summed E-state index contributed by atoms with van der Waals surface area (Å²) in [6, 6.07) is 6.97. The van der Waals surface area contributed by atoms with E-state index in [1.165, 1.54) is 4.31 Å². The maximum absolute atomic E-state index is 12.5. The van der Waals surface area contributed by atoms with E-state index in [0.717, 1.165) is 5.56 Å². The summed E-state index contributed by atoms with van der Waals surface area (Å²) in [4.78, 5) is 0.284. The summed E-state index contributed by atoms with van der Waals surface area (Å²) in [7, 11) is -3.60. The third-order valence-corrected chi connectivity index (χ3v) is 4.90. The van der Waals surface area contributed by atoms with Gasteiger partial charge in [0.2, 0.25) is 10.0 Å². The van der Waals surface area contributed by atoms with E-state index >= 15 is 0 Å². The van der Waals surface area contributed by atoms with Gasteiger partial charge in [0.1, 0.15) is 6.54 Å². The molecule has 0 unspecified atom stereocenters. The monoisotopic (exact) mass is 266 g/mol. The zero-order chi connectivity index (χ0) is 13.9. The summed E-state index contributed by atoms with van der Waals surface area (Å²) in [5, 5.41) is 8.76. The molecule has 0 spiro atoms. The predicted molar refractivity (Wildman–Crippen MR) is 70.6 cm³/mol. The molecule has 0 aliphatic heterocycles. The Bertz CT molecular complexity index is 571. The molecule has 0 aliphatic carbocycles. The van der Waals surface area contributed by atoms with E-state index in [0.29, 0.717) is 5.56 Å². The minimum atomic E-state index is -3.60. The van der Waals surface area contributed by atoms with Crippen LogP contribution in [0.1, 0.15) is 25.0 Å². The number of sulfonamides is 1. The SMILES string of the molecule is Cc1ccc(C)c(S(=O)(=O)N(CC#N)C(C)C)c1. The zero-order valence-corrected chi connectivity index (χ0v) is 12.0. The van der Waals surface area contributed by atoms with Crippen LogP contribution in [-0.2, 0) is 10.0 Å². The molecule has 0 amide bonds. The van der Waals surface area contributed by atoms with Gasteiger partial charge < -0.3 is 0 Å². The van der Waals surface area contributed by atoms with Crippen LogP contribution in [0.2, 0.25) is 0 Å². The first-order chi connectivity index (χ1) is 8.30. The summed E-state index contributed by atoms with van der Waals surface area (Å²) in [5.74, 6) is 0. The Kier molecular flexibility index (Phi) is 4.49. The molecule has 0 saturated heterocycles. The Morgan fingerprint density at radius 1 is 1.33 bits per heavy atom. The maximum atomic E-state index is 12.5. The van der Waals surface area contributed by atoms with Gasteiger partial charge in [-0.25, -0.2) is 8.42 Å². The molecule has 0 aliphatic rings. The highest BCUT2D eigenvalue weighted by molar-refractivity contribution is 7.89. The summed E-state index contributed by atoms with van der Waals surface area (Å²) in [5.41, 5.74) is 1.59. The van der Waals surface area contributed by atoms with Crippen molar-refractivity contribution in [2.45, 2.75) is 38.6 Å². The van der Waals surface area contributed by atoms with Gasteiger partial charge in [-0.05, 0) is 44.9 Å². The van der Waals surface area contributed by atoms with Gasteiger partial charge in [0.15, 0.2) is 0 Å². The zero-order valence-electron chi connectivity index (χ0n) is 11.1. The highest BCUT2D eigenvalue weighted by Gasteiger charge is 2.28. The van der Waals surface area contributed by atoms with Gasteiger partial charge in [-0.3, -0.25) is 0 Å². The number of hydrogen-bond acceptors (Lipinski definition) is 3. The van der Waals surface area contributed by atoms with Gasteiger partial charge in [0, 0.05) is 6.04 Å².